The molecular formula is C21H13ClFN3O4. The second kappa shape index (κ2) is 8.30. The number of non-ortho nitro benzene ring substituents is 1. The van der Waals surface area contributed by atoms with Gasteiger partial charge >= 0.3 is 0 Å². The minimum atomic E-state index is -0.520. The van der Waals surface area contributed by atoms with Gasteiger partial charge in [-0.25, -0.2) is 4.39 Å². The van der Waals surface area contributed by atoms with Crippen molar-refractivity contribution in [1.29, 1.82) is 0 Å². The molecule has 9 heteroatoms. The Morgan fingerprint density at radius 1 is 1.03 bits per heavy atom. The summed E-state index contributed by atoms with van der Waals surface area (Å²) in [4.78, 5) is 14.6. The fourth-order valence-corrected chi connectivity index (χ4v) is 2.91. The molecule has 0 aliphatic heterocycles. The average Bonchev–Trinajstić information content (AvgIpc) is 3.24. The fourth-order valence-electron chi connectivity index (χ4n) is 2.68. The van der Waals surface area contributed by atoms with E-state index in [0.29, 0.717) is 28.6 Å². The predicted molar refractivity (Wildman–Crippen MR) is 108 cm³/mol. The summed E-state index contributed by atoms with van der Waals surface area (Å²) in [5.41, 5.74) is 2.12. The van der Waals surface area contributed by atoms with Crippen LogP contribution in [0.3, 0.4) is 0 Å². The van der Waals surface area contributed by atoms with Crippen LogP contribution in [-0.2, 0) is 6.61 Å². The molecule has 0 fully saturated rings. The van der Waals surface area contributed by atoms with E-state index in [1.165, 1.54) is 30.3 Å². The molecule has 0 saturated heterocycles. The molecule has 30 heavy (non-hydrogen) atoms. The maximum absolute atomic E-state index is 13.0. The van der Waals surface area contributed by atoms with Gasteiger partial charge in [0.2, 0.25) is 5.82 Å². The monoisotopic (exact) mass is 425 g/mol. The number of rotatable bonds is 6. The molecule has 1 heterocycles. The zero-order valence-electron chi connectivity index (χ0n) is 15.3. The SMILES string of the molecule is O=[N+]([O-])c1ccc(OCc2ccc(-c3nc(-c4ccc(F)cc4)no3)cc2)c(Cl)c1. The lowest BCUT2D eigenvalue weighted by atomic mass is 10.1. The van der Waals surface area contributed by atoms with E-state index in [9.17, 15) is 14.5 Å². The third-order valence-electron chi connectivity index (χ3n) is 4.25. The Kier molecular flexibility index (Phi) is 5.40. The zero-order valence-corrected chi connectivity index (χ0v) is 16.0. The standard InChI is InChI=1S/C21H13ClFN3O4/c22-18-11-17(26(27)28)9-10-19(18)29-12-13-1-3-15(4-2-13)21-24-20(25-30-21)14-5-7-16(23)8-6-14/h1-11H,12H2. The molecule has 4 aromatic rings. The number of halogens is 2. The number of hydrogen-bond donors (Lipinski definition) is 0. The summed E-state index contributed by atoms with van der Waals surface area (Å²) >= 11 is 6.03. The van der Waals surface area contributed by atoms with E-state index in [4.69, 9.17) is 20.9 Å². The summed E-state index contributed by atoms with van der Waals surface area (Å²) < 4.78 is 24.0. The fraction of sp³-hybridized carbons (Fsp3) is 0.0476. The molecule has 0 bridgehead atoms. The number of benzene rings is 3. The van der Waals surface area contributed by atoms with Gasteiger partial charge in [-0.05, 0) is 48.0 Å². The number of nitro groups is 1. The first-order valence-electron chi connectivity index (χ1n) is 8.75. The zero-order chi connectivity index (χ0) is 21.1. The van der Waals surface area contributed by atoms with Gasteiger partial charge < -0.3 is 9.26 Å². The lowest BCUT2D eigenvalue weighted by Crippen LogP contribution is -1.97. The molecule has 150 valence electrons. The van der Waals surface area contributed by atoms with Crippen LogP contribution < -0.4 is 4.74 Å². The third kappa shape index (κ3) is 4.28. The van der Waals surface area contributed by atoms with Crippen LogP contribution in [0.2, 0.25) is 5.02 Å². The summed E-state index contributed by atoms with van der Waals surface area (Å²) in [7, 11) is 0. The number of nitrogens with zero attached hydrogens (tertiary/aromatic N) is 3. The molecule has 1 aromatic heterocycles. The second-order valence-electron chi connectivity index (χ2n) is 6.29. The molecule has 7 nitrogen and oxygen atoms in total. The lowest BCUT2D eigenvalue weighted by molar-refractivity contribution is -0.384. The summed E-state index contributed by atoms with van der Waals surface area (Å²) in [5, 5.41) is 14.9. The van der Waals surface area contributed by atoms with Gasteiger partial charge in [-0.3, -0.25) is 10.1 Å². The highest BCUT2D eigenvalue weighted by atomic mass is 35.5. The van der Waals surface area contributed by atoms with E-state index in [1.54, 1.807) is 24.3 Å². The minimum Gasteiger partial charge on any atom is -0.487 e. The first kappa shape index (κ1) is 19.5. The van der Waals surface area contributed by atoms with Crippen LogP contribution in [0.4, 0.5) is 10.1 Å². The van der Waals surface area contributed by atoms with Crippen LogP contribution in [0.1, 0.15) is 5.56 Å². The van der Waals surface area contributed by atoms with Gasteiger partial charge in [0.15, 0.2) is 0 Å². The van der Waals surface area contributed by atoms with Crippen molar-refractivity contribution in [3.8, 4) is 28.6 Å². The van der Waals surface area contributed by atoms with E-state index < -0.39 is 4.92 Å². The molecule has 0 saturated carbocycles. The summed E-state index contributed by atoms with van der Waals surface area (Å²) in [5.74, 6) is 0.716. The van der Waals surface area contributed by atoms with E-state index in [2.05, 4.69) is 10.1 Å². The normalized spacial score (nSPS) is 10.7. The predicted octanol–water partition coefficient (Wildman–Crippen LogP) is 5.68. The highest BCUT2D eigenvalue weighted by Gasteiger charge is 2.12. The Morgan fingerprint density at radius 2 is 1.73 bits per heavy atom. The van der Waals surface area contributed by atoms with Crippen molar-refractivity contribution in [2.24, 2.45) is 0 Å². The molecule has 0 aliphatic rings. The van der Waals surface area contributed by atoms with Crippen LogP contribution in [0.25, 0.3) is 22.8 Å². The lowest BCUT2D eigenvalue weighted by Gasteiger charge is -2.08. The summed E-state index contributed by atoms with van der Waals surface area (Å²) in [6, 6.07) is 17.1. The smallest absolute Gasteiger partial charge is 0.271 e. The van der Waals surface area contributed by atoms with Crippen molar-refractivity contribution in [3.63, 3.8) is 0 Å². The van der Waals surface area contributed by atoms with Crippen molar-refractivity contribution >= 4 is 17.3 Å². The Hall–Kier alpha value is -3.78. The van der Waals surface area contributed by atoms with Gasteiger partial charge in [-0.1, -0.05) is 28.9 Å². The van der Waals surface area contributed by atoms with Crippen molar-refractivity contribution < 1.29 is 18.6 Å². The van der Waals surface area contributed by atoms with Gasteiger partial charge in [0.25, 0.3) is 11.6 Å². The van der Waals surface area contributed by atoms with Gasteiger partial charge in [0, 0.05) is 23.3 Å². The number of ether oxygens (including phenoxy) is 1. The molecule has 4 rings (SSSR count). The number of aromatic nitrogens is 2. The van der Waals surface area contributed by atoms with Gasteiger partial charge in [-0.15, -0.1) is 0 Å². The van der Waals surface area contributed by atoms with Crippen LogP contribution in [-0.4, -0.2) is 15.1 Å². The Labute approximate surface area is 174 Å². The molecule has 0 N–H and O–H groups in total. The molecule has 0 aliphatic carbocycles. The van der Waals surface area contributed by atoms with E-state index in [-0.39, 0.29) is 23.1 Å². The largest absolute Gasteiger partial charge is 0.487 e. The maximum Gasteiger partial charge on any atom is 0.271 e. The Bertz CT molecular complexity index is 1190. The first-order chi connectivity index (χ1) is 14.5. The van der Waals surface area contributed by atoms with Crippen LogP contribution >= 0.6 is 11.6 Å². The third-order valence-corrected chi connectivity index (χ3v) is 4.55. The molecule has 0 radical (unpaired) electrons. The Morgan fingerprint density at radius 3 is 2.40 bits per heavy atom. The van der Waals surface area contributed by atoms with E-state index >= 15 is 0 Å². The topological polar surface area (TPSA) is 91.3 Å². The van der Waals surface area contributed by atoms with Gasteiger partial charge in [0.1, 0.15) is 18.2 Å². The van der Waals surface area contributed by atoms with E-state index in [1.807, 2.05) is 12.1 Å². The van der Waals surface area contributed by atoms with Crippen molar-refractivity contribution in [2.45, 2.75) is 6.61 Å². The molecule has 0 unspecified atom stereocenters. The van der Waals surface area contributed by atoms with Crippen LogP contribution in [0.15, 0.2) is 71.3 Å². The summed E-state index contributed by atoms with van der Waals surface area (Å²) in [6.07, 6.45) is 0. The molecule has 0 amide bonds. The van der Waals surface area contributed by atoms with E-state index in [0.717, 1.165) is 5.56 Å². The second-order valence-corrected chi connectivity index (χ2v) is 6.69. The number of nitro benzene ring substituents is 1. The maximum atomic E-state index is 13.0. The average molecular weight is 426 g/mol. The van der Waals surface area contributed by atoms with Crippen LogP contribution in [0.5, 0.6) is 5.75 Å². The Balaban J connectivity index is 1.43. The van der Waals surface area contributed by atoms with Gasteiger partial charge in [0.05, 0.1) is 9.95 Å². The van der Waals surface area contributed by atoms with Crippen molar-refractivity contribution in [2.75, 3.05) is 0 Å². The quantitative estimate of drug-likeness (QED) is 0.291. The first-order valence-corrected chi connectivity index (χ1v) is 9.13. The minimum absolute atomic E-state index is 0.101. The van der Waals surface area contributed by atoms with Crippen LogP contribution in [0, 0.1) is 15.9 Å². The van der Waals surface area contributed by atoms with Crippen molar-refractivity contribution in [3.05, 3.63) is 93.2 Å². The highest BCUT2D eigenvalue weighted by molar-refractivity contribution is 6.32. The summed E-state index contributed by atoms with van der Waals surface area (Å²) in [6.45, 7) is 0.225. The van der Waals surface area contributed by atoms with Gasteiger partial charge in [-0.2, -0.15) is 4.98 Å². The number of hydrogen-bond acceptors (Lipinski definition) is 6. The van der Waals surface area contributed by atoms with Crippen molar-refractivity contribution in [1.82, 2.24) is 10.1 Å². The molecule has 0 spiro atoms. The molecule has 0 atom stereocenters. The molecular weight excluding hydrogens is 413 g/mol. The molecule has 3 aromatic carbocycles. The highest BCUT2D eigenvalue weighted by Crippen LogP contribution is 2.29.